The molecule has 3 aromatic rings. The van der Waals surface area contributed by atoms with Gasteiger partial charge >= 0.3 is 11.7 Å². The molecule has 1 heterocycles. The van der Waals surface area contributed by atoms with Crippen LogP contribution in [0.4, 0.5) is 0 Å². The van der Waals surface area contributed by atoms with Gasteiger partial charge in [0.15, 0.2) is 5.82 Å². The normalized spacial score (nSPS) is 10.5. The summed E-state index contributed by atoms with van der Waals surface area (Å²) >= 11 is 0. The van der Waals surface area contributed by atoms with Crippen molar-refractivity contribution in [3.05, 3.63) is 70.1 Å². The number of hydrogen-bond donors (Lipinski definition) is 1. The van der Waals surface area contributed by atoms with E-state index < -0.39 is 5.97 Å². The fourth-order valence-electron chi connectivity index (χ4n) is 2.33. The summed E-state index contributed by atoms with van der Waals surface area (Å²) in [6, 6.07) is 14.2. The van der Waals surface area contributed by atoms with Crippen LogP contribution in [0.15, 0.2) is 53.3 Å². The van der Waals surface area contributed by atoms with Crippen molar-refractivity contribution in [1.29, 1.82) is 0 Å². The summed E-state index contributed by atoms with van der Waals surface area (Å²) in [5.41, 5.74) is 2.35. The molecular formula is C17H15N3O3. The minimum atomic E-state index is -0.437. The summed E-state index contributed by atoms with van der Waals surface area (Å²) in [4.78, 5) is 26.5. The van der Waals surface area contributed by atoms with Gasteiger partial charge in [-0.05, 0) is 30.7 Å². The zero-order valence-electron chi connectivity index (χ0n) is 12.7. The van der Waals surface area contributed by atoms with Crippen molar-refractivity contribution in [3.8, 4) is 17.1 Å². The number of para-hydroxylation sites is 1. The summed E-state index contributed by atoms with van der Waals surface area (Å²) in [5.74, 6) is -0.0449. The summed E-state index contributed by atoms with van der Waals surface area (Å²) < 4.78 is 6.02. The van der Waals surface area contributed by atoms with Gasteiger partial charge in [0.05, 0.1) is 18.4 Å². The van der Waals surface area contributed by atoms with E-state index in [9.17, 15) is 9.59 Å². The molecule has 0 atom stereocenters. The van der Waals surface area contributed by atoms with E-state index in [0.29, 0.717) is 22.6 Å². The van der Waals surface area contributed by atoms with Crippen LogP contribution in [-0.2, 0) is 4.74 Å². The molecule has 0 aliphatic heterocycles. The van der Waals surface area contributed by atoms with E-state index in [4.69, 9.17) is 4.74 Å². The van der Waals surface area contributed by atoms with Gasteiger partial charge < -0.3 is 4.74 Å². The van der Waals surface area contributed by atoms with E-state index >= 15 is 0 Å². The Morgan fingerprint density at radius 2 is 1.96 bits per heavy atom. The number of rotatable bonds is 3. The molecule has 1 aromatic heterocycles. The molecule has 6 heteroatoms. The molecule has 116 valence electrons. The maximum Gasteiger partial charge on any atom is 0.348 e. The molecule has 23 heavy (non-hydrogen) atoms. The third kappa shape index (κ3) is 2.78. The SMILES string of the molecule is COC(=O)c1cccc(-c2nn(-c3ccccc3C)c(=O)[nH]2)c1. The number of methoxy groups -OCH3 is 1. The topological polar surface area (TPSA) is 77.0 Å². The predicted molar refractivity (Wildman–Crippen MR) is 85.7 cm³/mol. The van der Waals surface area contributed by atoms with Crippen LogP contribution in [0.5, 0.6) is 0 Å². The third-order valence-corrected chi connectivity index (χ3v) is 3.52. The van der Waals surface area contributed by atoms with E-state index in [0.717, 1.165) is 5.56 Å². The molecule has 0 fully saturated rings. The highest BCUT2D eigenvalue weighted by Crippen LogP contribution is 2.17. The van der Waals surface area contributed by atoms with Crippen LogP contribution in [0.25, 0.3) is 17.1 Å². The Morgan fingerprint density at radius 3 is 2.70 bits per heavy atom. The Kier molecular flexibility index (Phi) is 3.80. The van der Waals surface area contributed by atoms with Crippen molar-refractivity contribution in [2.24, 2.45) is 0 Å². The molecule has 0 bridgehead atoms. The van der Waals surface area contributed by atoms with Crippen molar-refractivity contribution in [3.63, 3.8) is 0 Å². The van der Waals surface area contributed by atoms with Gasteiger partial charge in [-0.1, -0.05) is 30.3 Å². The van der Waals surface area contributed by atoms with Crippen LogP contribution >= 0.6 is 0 Å². The van der Waals surface area contributed by atoms with Gasteiger partial charge in [0.25, 0.3) is 0 Å². The van der Waals surface area contributed by atoms with E-state index in [1.807, 2.05) is 31.2 Å². The minimum absolute atomic E-state index is 0.335. The average Bonchev–Trinajstić information content (AvgIpc) is 2.96. The lowest BCUT2D eigenvalue weighted by atomic mass is 10.1. The lowest BCUT2D eigenvalue weighted by molar-refractivity contribution is 0.0601. The molecule has 3 rings (SSSR count). The Labute approximate surface area is 132 Å². The predicted octanol–water partition coefficient (Wildman–Crippen LogP) is 2.32. The van der Waals surface area contributed by atoms with E-state index in [2.05, 4.69) is 10.1 Å². The first-order chi connectivity index (χ1) is 11.1. The van der Waals surface area contributed by atoms with Crippen molar-refractivity contribution in [2.75, 3.05) is 7.11 Å². The first kappa shape index (κ1) is 14.8. The second kappa shape index (κ2) is 5.92. The average molecular weight is 309 g/mol. The first-order valence-corrected chi connectivity index (χ1v) is 7.04. The number of nitrogens with one attached hydrogen (secondary N) is 1. The molecule has 6 nitrogen and oxygen atoms in total. The lowest BCUT2D eigenvalue weighted by Gasteiger charge is -2.03. The van der Waals surface area contributed by atoms with Gasteiger partial charge in [0.2, 0.25) is 0 Å². The quantitative estimate of drug-likeness (QED) is 0.753. The standard InChI is InChI=1S/C17H15N3O3/c1-11-6-3-4-9-14(11)20-17(22)18-15(19-20)12-7-5-8-13(10-12)16(21)23-2/h3-10H,1-2H3,(H,18,19,22). The highest BCUT2D eigenvalue weighted by molar-refractivity contribution is 5.90. The highest BCUT2D eigenvalue weighted by Gasteiger charge is 2.12. The molecule has 1 N–H and O–H groups in total. The van der Waals surface area contributed by atoms with Crippen LogP contribution in [-0.4, -0.2) is 27.8 Å². The number of aromatic amines is 1. The van der Waals surface area contributed by atoms with Gasteiger partial charge in [0, 0.05) is 5.56 Å². The number of aromatic nitrogens is 3. The maximum atomic E-state index is 12.2. The van der Waals surface area contributed by atoms with Crippen molar-refractivity contribution in [1.82, 2.24) is 14.8 Å². The Bertz CT molecular complexity index is 925. The van der Waals surface area contributed by atoms with Gasteiger partial charge in [-0.25, -0.2) is 9.59 Å². The number of ether oxygens (including phenoxy) is 1. The van der Waals surface area contributed by atoms with Crippen molar-refractivity contribution in [2.45, 2.75) is 6.92 Å². The number of esters is 1. The summed E-state index contributed by atoms with van der Waals surface area (Å²) in [7, 11) is 1.32. The summed E-state index contributed by atoms with van der Waals surface area (Å²) in [5, 5.41) is 4.33. The molecule has 0 saturated carbocycles. The largest absolute Gasteiger partial charge is 0.465 e. The Balaban J connectivity index is 2.07. The molecule has 0 unspecified atom stereocenters. The number of carbonyl (C=O) groups excluding carboxylic acids is 1. The van der Waals surface area contributed by atoms with Crippen LogP contribution in [0.3, 0.4) is 0 Å². The fourth-order valence-corrected chi connectivity index (χ4v) is 2.33. The summed E-state index contributed by atoms with van der Waals surface area (Å²) in [6.07, 6.45) is 0. The Morgan fingerprint density at radius 1 is 1.17 bits per heavy atom. The number of aryl methyl sites for hydroxylation is 1. The van der Waals surface area contributed by atoms with Crippen LogP contribution < -0.4 is 5.69 Å². The number of carbonyl (C=O) groups is 1. The highest BCUT2D eigenvalue weighted by atomic mass is 16.5. The number of nitrogens with zero attached hydrogens (tertiary/aromatic N) is 2. The molecule has 0 spiro atoms. The molecule has 0 saturated heterocycles. The van der Waals surface area contributed by atoms with Crippen LogP contribution in [0.1, 0.15) is 15.9 Å². The number of H-pyrrole nitrogens is 1. The third-order valence-electron chi connectivity index (χ3n) is 3.52. The molecule has 0 aliphatic rings. The van der Waals surface area contributed by atoms with Crippen molar-refractivity contribution < 1.29 is 9.53 Å². The first-order valence-electron chi connectivity index (χ1n) is 7.04. The molecule has 0 amide bonds. The monoisotopic (exact) mass is 309 g/mol. The molecule has 2 aromatic carbocycles. The smallest absolute Gasteiger partial charge is 0.348 e. The lowest BCUT2D eigenvalue weighted by Crippen LogP contribution is -2.16. The molecular weight excluding hydrogens is 294 g/mol. The number of hydrogen-bond acceptors (Lipinski definition) is 4. The van der Waals surface area contributed by atoms with Crippen LogP contribution in [0.2, 0.25) is 0 Å². The van der Waals surface area contributed by atoms with Crippen LogP contribution in [0, 0.1) is 6.92 Å². The summed E-state index contributed by atoms with van der Waals surface area (Å²) in [6.45, 7) is 1.91. The van der Waals surface area contributed by atoms with E-state index in [-0.39, 0.29) is 5.69 Å². The zero-order chi connectivity index (χ0) is 16.4. The van der Waals surface area contributed by atoms with Gasteiger partial charge in [-0.15, -0.1) is 5.10 Å². The maximum absolute atomic E-state index is 12.2. The van der Waals surface area contributed by atoms with Gasteiger partial charge in [0.1, 0.15) is 0 Å². The second-order valence-electron chi connectivity index (χ2n) is 5.05. The molecule has 0 radical (unpaired) electrons. The Hall–Kier alpha value is -3.15. The second-order valence-corrected chi connectivity index (χ2v) is 5.05. The number of benzene rings is 2. The van der Waals surface area contributed by atoms with Gasteiger partial charge in [-0.3, -0.25) is 4.98 Å². The van der Waals surface area contributed by atoms with E-state index in [1.54, 1.807) is 24.3 Å². The van der Waals surface area contributed by atoms with Crippen molar-refractivity contribution >= 4 is 5.97 Å². The van der Waals surface area contributed by atoms with E-state index in [1.165, 1.54) is 11.8 Å². The zero-order valence-corrected chi connectivity index (χ0v) is 12.7. The van der Waals surface area contributed by atoms with Gasteiger partial charge in [-0.2, -0.15) is 4.68 Å². The fraction of sp³-hybridized carbons (Fsp3) is 0.118. The minimum Gasteiger partial charge on any atom is -0.465 e. The molecule has 0 aliphatic carbocycles.